The van der Waals surface area contributed by atoms with Crippen molar-refractivity contribution < 1.29 is 27.5 Å². The molecular weight excluding hydrogens is 377 g/mol. The lowest BCUT2D eigenvalue weighted by atomic mass is 10.2. The number of morpholine rings is 1. The fraction of sp³-hybridized carbons (Fsp3) is 0.889. The number of amides is 2. The average Bonchev–Trinajstić information content (AvgIpc) is 2.61. The summed E-state index contributed by atoms with van der Waals surface area (Å²) in [5.41, 5.74) is 0. The van der Waals surface area contributed by atoms with E-state index in [1.54, 1.807) is 18.7 Å². The number of carbonyl (C=O) groups is 2. The van der Waals surface area contributed by atoms with Gasteiger partial charge < -0.3 is 14.5 Å². The smallest absolute Gasteiger partial charge is 0.379 e. The van der Waals surface area contributed by atoms with Crippen LogP contribution in [0.1, 0.15) is 13.8 Å². The van der Waals surface area contributed by atoms with Crippen LogP contribution in [0.15, 0.2) is 0 Å². The zero-order valence-electron chi connectivity index (χ0n) is 16.7. The molecule has 162 valence electrons. The molecule has 0 saturated carbocycles. The number of ether oxygens (including phenoxy) is 1. The van der Waals surface area contributed by atoms with Crippen LogP contribution in [0.5, 0.6) is 0 Å². The van der Waals surface area contributed by atoms with E-state index in [4.69, 9.17) is 4.74 Å². The predicted molar refractivity (Wildman–Crippen MR) is 97.8 cm³/mol. The molecule has 0 N–H and O–H groups in total. The Morgan fingerprint density at radius 1 is 0.964 bits per heavy atom. The summed E-state index contributed by atoms with van der Waals surface area (Å²) >= 11 is 0. The highest BCUT2D eigenvalue weighted by Gasteiger charge is 2.34. The Labute approximate surface area is 164 Å². The fourth-order valence-electron chi connectivity index (χ4n) is 3.41. The van der Waals surface area contributed by atoms with E-state index < -0.39 is 18.6 Å². The SMILES string of the molecule is CC(C)CN(CC(F)(F)F)C(=O)CN1CCN(C(=O)CN2CCOCC2)CC1. The van der Waals surface area contributed by atoms with E-state index in [2.05, 4.69) is 4.90 Å². The van der Waals surface area contributed by atoms with Gasteiger partial charge in [0.25, 0.3) is 0 Å². The minimum absolute atomic E-state index is 0.0408. The topological polar surface area (TPSA) is 56.3 Å². The van der Waals surface area contributed by atoms with Crippen LogP contribution in [0.4, 0.5) is 13.2 Å². The first-order chi connectivity index (χ1) is 13.1. The lowest BCUT2D eigenvalue weighted by Crippen LogP contribution is -2.54. The third-order valence-electron chi connectivity index (χ3n) is 4.85. The monoisotopic (exact) mass is 408 g/mol. The summed E-state index contributed by atoms with van der Waals surface area (Å²) in [5, 5.41) is 0. The zero-order chi connectivity index (χ0) is 20.7. The Kier molecular flexibility index (Phi) is 8.51. The molecule has 2 aliphatic heterocycles. The first-order valence-corrected chi connectivity index (χ1v) is 9.79. The molecule has 2 rings (SSSR count). The number of rotatable bonds is 7. The van der Waals surface area contributed by atoms with Crippen molar-refractivity contribution in [2.45, 2.75) is 20.0 Å². The van der Waals surface area contributed by atoms with E-state index in [0.717, 1.165) is 18.0 Å². The second kappa shape index (κ2) is 10.4. The maximum atomic E-state index is 12.8. The Morgan fingerprint density at radius 2 is 1.54 bits per heavy atom. The van der Waals surface area contributed by atoms with E-state index in [1.807, 2.05) is 4.90 Å². The summed E-state index contributed by atoms with van der Waals surface area (Å²) in [6.45, 7) is 7.44. The second-order valence-corrected chi connectivity index (χ2v) is 7.83. The first kappa shape index (κ1) is 22.9. The predicted octanol–water partition coefficient (Wildman–Crippen LogP) is 0.510. The number of halogens is 3. The van der Waals surface area contributed by atoms with Crippen LogP contribution in [-0.4, -0.2) is 116 Å². The Hall–Kier alpha value is -1.39. The molecule has 0 radical (unpaired) electrons. The molecule has 10 heteroatoms. The Balaban J connectivity index is 1.78. The molecule has 0 aromatic carbocycles. The third kappa shape index (κ3) is 7.92. The van der Waals surface area contributed by atoms with Crippen molar-refractivity contribution in [3.63, 3.8) is 0 Å². The summed E-state index contributed by atoms with van der Waals surface area (Å²) < 4.78 is 43.6. The number of alkyl halides is 3. The lowest BCUT2D eigenvalue weighted by molar-refractivity contribution is -0.163. The molecule has 0 aliphatic carbocycles. The van der Waals surface area contributed by atoms with Gasteiger partial charge in [0.15, 0.2) is 0 Å². The molecule has 28 heavy (non-hydrogen) atoms. The van der Waals surface area contributed by atoms with E-state index in [9.17, 15) is 22.8 Å². The molecule has 2 aliphatic rings. The van der Waals surface area contributed by atoms with Crippen molar-refractivity contribution in [2.75, 3.05) is 78.7 Å². The molecule has 0 aromatic heterocycles. The zero-order valence-corrected chi connectivity index (χ0v) is 16.7. The maximum absolute atomic E-state index is 12.8. The number of nitrogens with zero attached hydrogens (tertiary/aromatic N) is 4. The molecule has 0 aromatic rings. The van der Waals surface area contributed by atoms with Crippen molar-refractivity contribution in [3.05, 3.63) is 0 Å². The number of carbonyl (C=O) groups excluding carboxylic acids is 2. The maximum Gasteiger partial charge on any atom is 0.406 e. The van der Waals surface area contributed by atoms with E-state index in [1.165, 1.54) is 0 Å². The van der Waals surface area contributed by atoms with Crippen LogP contribution in [0, 0.1) is 5.92 Å². The third-order valence-corrected chi connectivity index (χ3v) is 4.85. The molecule has 7 nitrogen and oxygen atoms in total. The summed E-state index contributed by atoms with van der Waals surface area (Å²) in [4.78, 5) is 31.3. The Bertz CT molecular complexity index is 517. The lowest BCUT2D eigenvalue weighted by Gasteiger charge is -2.37. The van der Waals surface area contributed by atoms with Gasteiger partial charge >= 0.3 is 6.18 Å². The molecular formula is C18H31F3N4O3. The molecule has 2 heterocycles. The molecule has 0 spiro atoms. The summed E-state index contributed by atoms with van der Waals surface area (Å²) in [6.07, 6.45) is -4.41. The number of hydrogen-bond acceptors (Lipinski definition) is 5. The van der Waals surface area contributed by atoms with Gasteiger partial charge in [0.05, 0.1) is 26.3 Å². The van der Waals surface area contributed by atoms with Crippen LogP contribution >= 0.6 is 0 Å². The van der Waals surface area contributed by atoms with Gasteiger partial charge in [0.2, 0.25) is 11.8 Å². The van der Waals surface area contributed by atoms with Gasteiger partial charge in [-0.3, -0.25) is 19.4 Å². The van der Waals surface area contributed by atoms with Gasteiger partial charge in [0.1, 0.15) is 6.54 Å². The van der Waals surface area contributed by atoms with E-state index >= 15 is 0 Å². The van der Waals surface area contributed by atoms with Crippen molar-refractivity contribution in [1.82, 2.24) is 19.6 Å². The number of hydrogen-bond donors (Lipinski definition) is 0. The molecule has 2 saturated heterocycles. The fourth-order valence-corrected chi connectivity index (χ4v) is 3.41. The molecule has 2 amide bonds. The van der Waals surface area contributed by atoms with Gasteiger partial charge in [-0.2, -0.15) is 13.2 Å². The quantitative estimate of drug-likeness (QED) is 0.615. The van der Waals surface area contributed by atoms with E-state index in [-0.39, 0.29) is 24.9 Å². The van der Waals surface area contributed by atoms with Crippen LogP contribution in [-0.2, 0) is 14.3 Å². The highest BCUT2D eigenvalue weighted by molar-refractivity contribution is 5.79. The molecule has 0 bridgehead atoms. The highest BCUT2D eigenvalue weighted by atomic mass is 19.4. The minimum atomic E-state index is -4.41. The molecule has 0 unspecified atom stereocenters. The standard InChI is InChI=1S/C18H31F3N4O3/c1-15(2)11-25(14-18(19,20)21)17(27)13-22-3-5-24(6-4-22)16(26)12-23-7-9-28-10-8-23/h15H,3-14H2,1-2H3. The van der Waals surface area contributed by atoms with E-state index in [0.29, 0.717) is 45.9 Å². The number of piperazine rings is 1. The normalized spacial score (nSPS) is 19.9. The van der Waals surface area contributed by atoms with Gasteiger partial charge in [-0.25, -0.2) is 0 Å². The van der Waals surface area contributed by atoms with Crippen molar-refractivity contribution in [3.8, 4) is 0 Å². The van der Waals surface area contributed by atoms with Gasteiger partial charge in [-0.05, 0) is 5.92 Å². The van der Waals surface area contributed by atoms with Crippen molar-refractivity contribution >= 4 is 11.8 Å². The summed E-state index contributed by atoms with van der Waals surface area (Å²) in [6, 6.07) is 0. The summed E-state index contributed by atoms with van der Waals surface area (Å²) in [7, 11) is 0. The average molecular weight is 408 g/mol. The molecule has 2 fully saturated rings. The highest BCUT2D eigenvalue weighted by Crippen LogP contribution is 2.18. The van der Waals surface area contributed by atoms with Crippen molar-refractivity contribution in [2.24, 2.45) is 5.92 Å². The Morgan fingerprint density at radius 3 is 2.07 bits per heavy atom. The van der Waals surface area contributed by atoms with Crippen LogP contribution < -0.4 is 0 Å². The van der Waals surface area contributed by atoms with Crippen LogP contribution in [0.2, 0.25) is 0 Å². The van der Waals surface area contributed by atoms with Gasteiger partial charge in [-0.15, -0.1) is 0 Å². The van der Waals surface area contributed by atoms with Crippen molar-refractivity contribution in [1.29, 1.82) is 0 Å². The van der Waals surface area contributed by atoms with Gasteiger partial charge in [0, 0.05) is 45.8 Å². The first-order valence-electron chi connectivity index (χ1n) is 9.79. The van der Waals surface area contributed by atoms with Crippen LogP contribution in [0.25, 0.3) is 0 Å². The molecule has 0 atom stereocenters. The van der Waals surface area contributed by atoms with Crippen LogP contribution in [0.3, 0.4) is 0 Å². The second-order valence-electron chi connectivity index (χ2n) is 7.83. The largest absolute Gasteiger partial charge is 0.406 e. The minimum Gasteiger partial charge on any atom is -0.379 e. The van der Waals surface area contributed by atoms with Gasteiger partial charge in [-0.1, -0.05) is 13.8 Å². The summed E-state index contributed by atoms with van der Waals surface area (Å²) in [5.74, 6) is -0.508.